The van der Waals surface area contributed by atoms with Crippen LogP contribution in [0.25, 0.3) is 0 Å². The molecule has 1 aliphatic carbocycles. The van der Waals surface area contributed by atoms with E-state index in [4.69, 9.17) is 4.74 Å². The fourth-order valence-corrected chi connectivity index (χ4v) is 1.66. The van der Waals surface area contributed by atoms with Gasteiger partial charge in [-0.2, -0.15) is 0 Å². The van der Waals surface area contributed by atoms with E-state index in [0.29, 0.717) is 11.8 Å². The van der Waals surface area contributed by atoms with Gasteiger partial charge in [-0.3, -0.25) is 0 Å². The van der Waals surface area contributed by atoms with Gasteiger partial charge in [0.2, 0.25) is 0 Å². The van der Waals surface area contributed by atoms with Crippen LogP contribution in [-0.4, -0.2) is 24.4 Å². The molecule has 0 bridgehead atoms. The summed E-state index contributed by atoms with van der Waals surface area (Å²) in [4.78, 5) is 0. The summed E-state index contributed by atoms with van der Waals surface area (Å²) in [5, 5.41) is 10.1. The average Bonchev–Trinajstić information content (AvgIpc) is 2.81. The lowest BCUT2D eigenvalue weighted by atomic mass is 9.84. The number of ether oxygens (including phenoxy) is 1. The molecule has 0 aliphatic heterocycles. The van der Waals surface area contributed by atoms with Crippen molar-refractivity contribution in [3.63, 3.8) is 0 Å². The SMILES string of the molecule is COCCC(C)C(C)(O)C1CC1. The highest BCUT2D eigenvalue weighted by Gasteiger charge is 2.43. The molecule has 0 aromatic carbocycles. The molecule has 0 radical (unpaired) electrons. The Kier molecular flexibility index (Phi) is 3.13. The van der Waals surface area contributed by atoms with Gasteiger partial charge in [-0.15, -0.1) is 0 Å². The molecule has 12 heavy (non-hydrogen) atoms. The van der Waals surface area contributed by atoms with Crippen LogP contribution in [0.1, 0.15) is 33.1 Å². The largest absolute Gasteiger partial charge is 0.390 e. The van der Waals surface area contributed by atoms with Crippen molar-refractivity contribution in [3.8, 4) is 0 Å². The standard InChI is InChI=1S/C10H20O2/c1-8(6-7-12-3)10(2,11)9-4-5-9/h8-9,11H,4-7H2,1-3H3. The van der Waals surface area contributed by atoms with E-state index in [-0.39, 0.29) is 0 Å². The zero-order valence-corrected chi connectivity index (χ0v) is 8.34. The van der Waals surface area contributed by atoms with Gasteiger partial charge in [0.15, 0.2) is 0 Å². The highest BCUT2D eigenvalue weighted by Crippen LogP contribution is 2.44. The summed E-state index contributed by atoms with van der Waals surface area (Å²) < 4.78 is 5.00. The predicted octanol–water partition coefficient (Wildman–Crippen LogP) is 1.82. The third kappa shape index (κ3) is 2.20. The first-order chi connectivity index (χ1) is 5.59. The van der Waals surface area contributed by atoms with E-state index in [1.807, 2.05) is 6.92 Å². The van der Waals surface area contributed by atoms with Crippen LogP contribution in [0.2, 0.25) is 0 Å². The Labute approximate surface area is 74.9 Å². The maximum Gasteiger partial charge on any atom is 0.0674 e. The topological polar surface area (TPSA) is 29.5 Å². The molecule has 1 aliphatic rings. The fraction of sp³-hybridized carbons (Fsp3) is 1.00. The quantitative estimate of drug-likeness (QED) is 0.685. The number of aliphatic hydroxyl groups is 1. The van der Waals surface area contributed by atoms with Crippen LogP contribution in [0.15, 0.2) is 0 Å². The lowest BCUT2D eigenvalue weighted by molar-refractivity contribution is -0.0253. The highest BCUT2D eigenvalue weighted by molar-refractivity contribution is 4.94. The summed E-state index contributed by atoms with van der Waals surface area (Å²) in [5.41, 5.74) is -0.460. The van der Waals surface area contributed by atoms with Gasteiger partial charge < -0.3 is 9.84 Å². The van der Waals surface area contributed by atoms with E-state index in [1.54, 1.807) is 7.11 Å². The van der Waals surface area contributed by atoms with Crippen molar-refractivity contribution in [3.05, 3.63) is 0 Å². The Morgan fingerprint density at radius 2 is 2.17 bits per heavy atom. The molecule has 0 amide bonds. The Bertz CT molecular complexity index is 139. The Hall–Kier alpha value is -0.0800. The van der Waals surface area contributed by atoms with Crippen LogP contribution in [0.4, 0.5) is 0 Å². The lowest BCUT2D eigenvalue weighted by Gasteiger charge is -2.30. The monoisotopic (exact) mass is 172 g/mol. The summed E-state index contributed by atoms with van der Waals surface area (Å²) in [6.45, 7) is 4.83. The van der Waals surface area contributed by atoms with Gasteiger partial charge in [-0.05, 0) is 38.0 Å². The molecule has 0 aromatic heterocycles. The third-order valence-corrected chi connectivity index (χ3v) is 3.16. The minimum absolute atomic E-state index is 0.352. The van der Waals surface area contributed by atoms with E-state index < -0.39 is 5.60 Å². The maximum absolute atomic E-state index is 10.1. The molecule has 0 spiro atoms. The smallest absolute Gasteiger partial charge is 0.0674 e. The molecular weight excluding hydrogens is 152 g/mol. The molecule has 1 N–H and O–H groups in total. The number of hydrogen-bond donors (Lipinski definition) is 1. The zero-order chi connectivity index (χ0) is 9.19. The molecule has 2 atom stereocenters. The van der Waals surface area contributed by atoms with Gasteiger partial charge in [0.05, 0.1) is 5.60 Å². The minimum atomic E-state index is -0.460. The van der Waals surface area contributed by atoms with Gasteiger partial charge in [-0.1, -0.05) is 6.92 Å². The lowest BCUT2D eigenvalue weighted by Crippen LogP contribution is -2.35. The maximum atomic E-state index is 10.1. The van der Waals surface area contributed by atoms with Crippen LogP contribution in [0.3, 0.4) is 0 Å². The average molecular weight is 172 g/mol. The van der Waals surface area contributed by atoms with Crippen molar-refractivity contribution < 1.29 is 9.84 Å². The van der Waals surface area contributed by atoms with Crippen LogP contribution >= 0.6 is 0 Å². The molecule has 2 heteroatoms. The van der Waals surface area contributed by atoms with E-state index >= 15 is 0 Å². The van der Waals surface area contributed by atoms with E-state index in [1.165, 1.54) is 12.8 Å². The molecule has 2 unspecified atom stereocenters. The highest BCUT2D eigenvalue weighted by atomic mass is 16.5. The molecule has 1 saturated carbocycles. The van der Waals surface area contributed by atoms with Gasteiger partial charge in [0, 0.05) is 13.7 Å². The van der Waals surface area contributed by atoms with Crippen LogP contribution in [-0.2, 0) is 4.74 Å². The van der Waals surface area contributed by atoms with Gasteiger partial charge in [0.1, 0.15) is 0 Å². The van der Waals surface area contributed by atoms with Crippen LogP contribution in [0.5, 0.6) is 0 Å². The van der Waals surface area contributed by atoms with E-state index in [9.17, 15) is 5.11 Å². The number of hydrogen-bond acceptors (Lipinski definition) is 2. The Balaban J connectivity index is 2.32. The molecule has 0 aromatic rings. The van der Waals surface area contributed by atoms with Gasteiger partial charge in [-0.25, -0.2) is 0 Å². The second-order valence-electron chi connectivity index (χ2n) is 4.18. The molecule has 0 saturated heterocycles. The number of rotatable bonds is 5. The Morgan fingerprint density at radius 1 is 1.58 bits per heavy atom. The minimum Gasteiger partial charge on any atom is -0.390 e. The molecule has 1 rings (SSSR count). The summed E-state index contributed by atoms with van der Waals surface area (Å²) in [6.07, 6.45) is 3.36. The molecule has 72 valence electrons. The first-order valence-corrected chi connectivity index (χ1v) is 4.80. The van der Waals surface area contributed by atoms with Crippen molar-refractivity contribution in [2.45, 2.75) is 38.7 Å². The van der Waals surface area contributed by atoms with E-state index in [0.717, 1.165) is 13.0 Å². The van der Waals surface area contributed by atoms with Crippen molar-refractivity contribution >= 4 is 0 Å². The van der Waals surface area contributed by atoms with Crippen LogP contribution < -0.4 is 0 Å². The summed E-state index contributed by atoms with van der Waals surface area (Å²) in [6, 6.07) is 0. The van der Waals surface area contributed by atoms with E-state index in [2.05, 4.69) is 6.92 Å². The molecular formula is C10H20O2. The molecule has 1 fully saturated rings. The fourth-order valence-electron chi connectivity index (χ4n) is 1.66. The second kappa shape index (κ2) is 3.75. The van der Waals surface area contributed by atoms with Gasteiger partial charge >= 0.3 is 0 Å². The van der Waals surface area contributed by atoms with Crippen LogP contribution in [0, 0.1) is 11.8 Å². The summed E-state index contributed by atoms with van der Waals surface area (Å²) >= 11 is 0. The summed E-state index contributed by atoms with van der Waals surface area (Å²) in [7, 11) is 1.71. The van der Waals surface area contributed by atoms with Crippen molar-refractivity contribution in [1.29, 1.82) is 0 Å². The third-order valence-electron chi connectivity index (χ3n) is 3.16. The van der Waals surface area contributed by atoms with Gasteiger partial charge in [0.25, 0.3) is 0 Å². The molecule has 2 nitrogen and oxygen atoms in total. The zero-order valence-electron chi connectivity index (χ0n) is 8.34. The Morgan fingerprint density at radius 3 is 2.58 bits per heavy atom. The van der Waals surface area contributed by atoms with Crippen molar-refractivity contribution in [2.24, 2.45) is 11.8 Å². The first-order valence-electron chi connectivity index (χ1n) is 4.80. The first kappa shape index (κ1) is 10.0. The normalized spacial score (nSPS) is 25.0. The predicted molar refractivity (Wildman–Crippen MR) is 49.0 cm³/mol. The van der Waals surface area contributed by atoms with Crippen molar-refractivity contribution in [1.82, 2.24) is 0 Å². The summed E-state index contributed by atoms with van der Waals surface area (Å²) in [5.74, 6) is 0.898. The molecule has 0 heterocycles. The second-order valence-corrected chi connectivity index (χ2v) is 4.18. The van der Waals surface area contributed by atoms with Crippen molar-refractivity contribution in [2.75, 3.05) is 13.7 Å². The number of methoxy groups -OCH3 is 1.